The molecule has 1 heterocycles. The number of amides is 1. The van der Waals surface area contributed by atoms with E-state index in [-0.39, 0.29) is 15.7 Å². The number of hydrogen-bond donors (Lipinski definition) is 1. The number of rotatable bonds is 6. The maximum atomic E-state index is 13.3. The zero-order chi connectivity index (χ0) is 25.0. The largest absolute Gasteiger partial charge is 0.452 e. The molecule has 10 heteroatoms. The van der Waals surface area contributed by atoms with Gasteiger partial charge in [0.2, 0.25) is 10.0 Å². The zero-order valence-electron chi connectivity index (χ0n) is 20.2. The number of esters is 1. The highest BCUT2D eigenvalue weighted by Gasteiger charge is 2.61. The number of alkyl halides is 1. The van der Waals surface area contributed by atoms with E-state index in [9.17, 15) is 18.0 Å². The second kappa shape index (κ2) is 9.01. The van der Waals surface area contributed by atoms with E-state index in [1.807, 2.05) is 0 Å². The second-order valence-corrected chi connectivity index (χ2v) is 13.6. The van der Waals surface area contributed by atoms with Crippen molar-refractivity contribution in [2.45, 2.75) is 68.2 Å². The summed E-state index contributed by atoms with van der Waals surface area (Å²) in [5, 5.41) is 2.72. The summed E-state index contributed by atoms with van der Waals surface area (Å²) in [5.74, 6) is 0.0654. The highest BCUT2D eigenvalue weighted by Crippen LogP contribution is 2.64. The molecule has 4 aliphatic carbocycles. The van der Waals surface area contributed by atoms with Gasteiger partial charge in [-0.25, -0.2) is 8.42 Å². The first-order chi connectivity index (χ1) is 16.5. The van der Waals surface area contributed by atoms with E-state index in [0.29, 0.717) is 55.8 Å². The van der Waals surface area contributed by atoms with Crippen molar-refractivity contribution in [3.63, 3.8) is 0 Å². The molecule has 35 heavy (non-hydrogen) atoms. The van der Waals surface area contributed by atoms with Gasteiger partial charge in [-0.3, -0.25) is 9.59 Å². The van der Waals surface area contributed by atoms with E-state index in [0.717, 1.165) is 32.1 Å². The minimum atomic E-state index is -3.72. The average Bonchev–Trinajstić information content (AvgIpc) is 2.79. The van der Waals surface area contributed by atoms with Crippen molar-refractivity contribution >= 4 is 39.2 Å². The Kier molecular flexibility index (Phi) is 6.43. The molecule has 192 valence electrons. The molecule has 1 aliphatic heterocycles. The van der Waals surface area contributed by atoms with Gasteiger partial charge in [0.25, 0.3) is 5.91 Å². The molecule has 5 atom stereocenters. The quantitative estimate of drug-likeness (QED) is 0.451. The van der Waals surface area contributed by atoms with Crippen LogP contribution in [-0.4, -0.2) is 61.9 Å². The highest BCUT2D eigenvalue weighted by molar-refractivity contribution is 7.89. The maximum Gasteiger partial charge on any atom is 0.312 e. The van der Waals surface area contributed by atoms with E-state index < -0.39 is 27.4 Å². The Bertz CT molecular complexity index is 1120. The number of anilines is 1. The lowest BCUT2D eigenvalue weighted by atomic mass is 9.49. The monoisotopic (exact) mass is 524 g/mol. The second-order valence-electron chi connectivity index (χ2n) is 10.9. The lowest BCUT2D eigenvalue weighted by molar-refractivity contribution is -0.176. The molecular weight excluding hydrogens is 492 g/mol. The molecule has 6 rings (SSSR count). The van der Waals surface area contributed by atoms with Gasteiger partial charge in [0.1, 0.15) is 0 Å². The SMILES string of the molecule is Cc1ccc(NC(=O)[C@@H](C)OC(=O)C23C[C@@H]4C[C@@H](CC(Cl)(C4)C2)C3)cc1S(=O)(=O)N1CCOCC1. The maximum absolute atomic E-state index is 13.3. The third kappa shape index (κ3) is 4.72. The van der Waals surface area contributed by atoms with Crippen LogP contribution in [0.1, 0.15) is 51.0 Å². The number of benzene rings is 1. The van der Waals surface area contributed by atoms with Gasteiger partial charge in [-0.2, -0.15) is 4.31 Å². The van der Waals surface area contributed by atoms with Crippen LogP contribution in [0, 0.1) is 24.2 Å². The van der Waals surface area contributed by atoms with Crippen LogP contribution in [0.3, 0.4) is 0 Å². The third-order valence-electron chi connectivity index (χ3n) is 8.12. The van der Waals surface area contributed by atoms with Gasteiger partial charge in [-0.05, 0) is 81.9 Å². The van der Waals surface area contributed by atoms with Crippen LogP contribution < -0.4 is 5.32 Å². The molecule has 8 nitrogen and oxygen atoms in total. The first-order valence-electron chi connectivity index (χ1n) is 12.4. The molecule has 1 aromatic rings. The Labute approximate surface area is 211 Å². The molecule has 1 amide bonds. The number of ether oxygens (including phenoxy) is 2. The minimum absolute atomic E-state index is 0.142. The Morgan fingerprint density at radius 1 is 1.17 bits per heavy atom. The topological polar surface area (TPSA) is 102 Å². The molecule has 1 N–H and O–H groups in total. The smallest absolute Gasteiger partial charge is 0.312 e. The predicted octanol–water partition coefficient (Wildman–Crippen LogP) is 3.46. The molecule has 2 unspecified atom stereocenters. The van der Waals surface area contributed by atoms with Gasteiger partial charge in [0.15, 0.2) is 6.10 Å². The number of halogens is 1. The summed E-state index contributed by atoms with van der Waals surface area (Å²) in [4.78, 5) is 26.0. The summed E-state index contributed by atoms with van der Waals surface area (Å²) >= 11 is 6.84. The van der Waals surface area contributed by atoms with E-state index in [1.54, 1.807) is 26.0 Å². The van der Waals surface area contributed by atoms with Crippen LogP contribution in [0.15, 0.2) is 23.1 Å². The van der Waals surface area contributed by atoms with E-state index in [1.165, 1.54) is 10.4 Å². The molecule has 1 saturated heterocycles. The molecule has 0 radical (unpaired) electrons. The van der Waals surface area contributed by atoms with Gasteiger partial charge in [-0.1, -0.05) is 6.07 Å². The molecule has 5 aliphatic rings. The van der Waals surface area contributed by atoms with Crippen molar-refractivity contribution in [3.8, 4) is 0 Å². The number of sulfonamides is 1. The lowest BCUT2D eigenvalue weighted by Crippen LogP contribution is -2.57. The fourth-order valence-corrected chi connectivity index (χ4v) is 9.21. The number of carbonyl (C=O) groups excluding carboxylic acids is 2. The van der Waals surface area contributed by atoms with E-state index >= 15 is 0 Å². The Morgan fingerprint density at radius 2 is 1.83 bits per heavy atom. The number of nitrogens with one attached hydrogen (secondary N) is 1. The number of morpholine rings is 1. The van der Waals surface area contributed by atoms with Crippen LogP contribution >= 0.6 is 11.6 Å². The summed E-state index contributed by atoms with van der Waals surface area (Å²) in [6, 6.07) is 4.77. The van der Waals surface area contributed by atoms with Crippen molar-refractivity contribution in [1.82, 2.24) is 4.31 Å². The van der Waals surface area contributed by atoms with Crippen molar-refractivity contribution in [2.24, 2.45) is 17.3 Å². The summed E-state index contributed by atoms with van der Waals surface area (Å²) < 4.78 is 38.6. The molecule has 0 spiro atoms. The van der Waals surface area contributed by atoms with E-state index in [2.05, 4.69) is 5.32 Å². The first kappa shape index (κ1) is 25.0. The zero-order valence-corrected chi connectivity index (χ0v) is 21.8. The summed E-state index contributed by atoms with van der Waals surface area (Å²) in [6.45, 7) is 4.55. The molecule has 5 fully saturated rings. The number of hydrogen-bond acceptors (Lipinski definition) is 6. The Balaban J connectivity index is 1.26. The Morgan fingerprint density at radius 3 is 2.46 bits per heavy atom. The van der Waals surface area contributed by atoms with E-state index in [4.69, 9.17) is 21.1 Å². The van der Waals surface area contributed by atoms with Crippen molar-refractivity contribution < 1.29 is 27.5 Å². The van der Waals surface area contributed by atoms with Gasteiger partial charge >= 0.3 is 5.97 Å². The molecular formula is C25H33ClN2O6S. The summed E-state index contributed by atoms with van der Waals surface area (Å²) in [6.07, 6.45) is 4.21. The Hall–Kier alpha value is -1.68. The summed E-state index contributed by atoms with van der Waals surface area (Å²) in [5.41, 5.74) is 0.333. The van der Waals surface area contributed by atoms with Gasteiger partial charge in [-0.15, -0.1) is 11.6 Å². The summed E-state index contributed by atoms with van der Waals surface area (Å²) in [7, 11) is -3.72. The number of carbonyl (C=O) groups is 2. The van der Waals surface area contributed by atoms with Gasteiger partial charge in [0, 0.05) is 23.7 Å². The van der Waals surface area contributed by atoms with Crippen molar-refractivity contribution in [2.75, 3.05) is 31.6 Å². The number of nitrogens with zero attached hydrogens (tertiary/aromatic N) is 1. The predicted molar refractivity (Wildman–Crippen MR) is 131 cm³/mol. The fraction of sp³-hybridized carbons (Fsp3) is 0.680. The van der Waals surface area contributed by atoms with Crippen LogP contribution in [0.2, 0.25) is 0 Å². The fourth-order valence-electron chi connectivity index (χ4n) is 6.85. The van der Waals surface area contributed by atoms with Crippen LogP contribution in [-0.2, 0) is 29.1 Å². The number of aryl methyl sites for hydroxylation is 1. The van der Waals surface area contributed by atoms with Crippen molar-refractivity contribution in [3.05, 3.63) is 23.8 Å². The molecule has 1 aromatic carbocycles. The highest BCUT2D eigenvalue weighted by atomic mass is 35.5. The van der Waals surface area contributed by atoms with Crippen molar-refractivity contribution in [1.29, 1.82) is 0 Å². The van der Waals surface area contributed by atoms with Gasteiger partial charge in [0.05, 0.1) is 23.5 Å². The third-order valence-corrected chi connectivity index (χ3v) is 10.6. The standard InChI is InChI=1S/C25H33ClN2O6S/c1-16-3-4-20(10-21(16)35(31,32)28-5-7-33-8-6-28)27-22(29)17(2)34-23(30)24-11-18-9-19(12-24)14-25(26,13-18)15-24/h3-4,10,17-19H,5-9,11-15H2,1-2H3,(H,27,29)/t17-,18-,19+,24?,25?/m1/s1. The van der Waals surface area contributed by atoms with Gasteiger partial charge < -0.3 is 14.8 Å². The first-order valence-corrected chi connectivity index (χ1v) is 14.2. The minimum Gasteiger partial charge on any atom is -0.452 e. The molecule has 0 aromatic heterocycles. The average molecular weight is 525 g/mol. The van der Waals surface area contributed by atoms with Crippen LogP contribution in [0.25, 0.3) is 0 Å². The normalized spacial score (nSPS) is 33.3. The van der Waals surface area contributed by atoms with Crippen LogP contribution in [0.5, 0.6) is 0 Å². The van der Waals surface area contributed by atoms with Crippen LogP contribution in [0.4, 0.5) is 5.69 Å². The molecule has 4 bridgehead atoms. The molecule has 4 saturated carbocycles. The lowest BCUT2D eigenvalue weighted by Gasteiger charge is -2.58.